The first-order valence-electron chi connectivity index (χ1n) is 12.8. The van der Waals surface area contributed by atoms with Crippen molar-refractivity contribution >= 4 is 39.1 Å². The van der Waals surface area contributed by atoms with E-state index in [2.05, 4.69) is 19.2 Å². The molecule has 1 fully saturated rings. The quantitative estimate of drug-likeness (QED) is 0.358. The molecule has 5 rings (SSSR count). The van der Waals surface area contributed by atoms with Crippen molar-refractivity contribution in [2.75, 3.05) is 19.7 Å². The highest BCUT2D eigenvalue weighted by atomic mass is 35.5. The number of aliphatic imine (C=N–C) groups is 1. The van der Waals surface area contributed by atoms with Gasteiger partial charge >= 0.3 is 0 Å². The number of sulfonamides is 1. The highest BCUT2D eigenvalue weighted by Crippen LogP contribution is 2.48. The molecule has 0 bridgehead atoms. The summed E-state index contributed by atoms with van der Waals surface area (Å²) in [6.45, 7) is 7.56. The highest BCUT2D eigenvalue weighted by molar-refractivity contribution is 7.89. The van der Waals surface area contributed by atoms with Crippen molar-refractivity contribution < 1.29 is 13.2 Å². The number of rotatable bonds is 7. The molecule has 0 aliphatic carbocycles. The zero-order valence-corrected chi connectivity index (χ0v) is 24.0. The van der Waals surface area contributed by atoms with Crippen LogP contribution in [0.25, 0.3) is 0 Å². The Morgan fingerprint density at radius 1 is 0.921 bits per heavy atom. The summed E-state index contributed by atoms with van der Waals surface area (Å²) in [7, 11) is -3.63. The largest absolute Gasteiger partial charge is 0.493 e. The molecule has 0 amide bonds. The fraction of sp³-hybridized carbons (Fsp3) is 0.345. The van der Waals surface area contributed by atoms with Crippen LogP contribution in [0.4, 0.5) is 0 Å². The number of halogens is 2. The van der Waals surface area contributed by atoms with Crippen LogP contribution in [0.5, 0.6) is 5.75 Å². The summed E-state index contributed by atoms with van der Waals surface area (Å²) in [5, 5.41) is 4.94. The summed E-state index contributed by atoms with van der Waals surface area (Å²) in [5.41, 5.74) is 1.07. The third-order valence-corrected chi connectivity index (χ3v) is 10.1. The van der Waals surface area contributed by atoms with E-state index >= 15 is 0 Å². The molecule has 6 nitrogen and oxygen atoms in total. The topological polar surface area (TPSA) is 71.0 Å². The first kappa shape index (κ1) is 27.0. The minimum absolute atomic E-state index is 0.232. The van der Waals surface area contributed by atoms with E-state index in [1.807, 2.05) is 55.5 Å². The van der Waals surface area contributed by atoms with Crippen molar-refractivity contribution in [3.8, 4) is 5.75 Å². The molecular weight excluding hydrogens is 541 g/mol. The summed E-state index contributed by atoms with van der Waals surface area (Å²) in [5.74, 6) is 1.12. The van der Waals surface area contributed by atoms with E-state index in [1.165, 1.54) is 0 Å². The minimum Gasteiger partial charge on any atom is -0.493 e. The van der Waals surface area contributed by atoms with Crippen molar-refractivity contribution in [2.45, 2.75) is 49.6 Å². The van der Waals surface area contributed by atoms with Gasteiger partial charge in [0.25, 0.3) is 0 Å². The molecule has 9 heteroatoms. The van der Waals surface area contributed by atoms with Gasteiger partial charge in [-0.2, -0.15) is 4.31 Å². The Bertz CT molecular complexity index is 1470. The van der Waals surface area contributed by atoms with Gasteiger partial charge in [-0.25, -0.2) is 8.42 Å². The lowest BCUT2D eigenvalue weighted by Crippen LogP contribution is -2.50. The molecule has 1 N–H and O–H groups in total. The first-order chi connectivity index (χ1) is 18.1. The molecule has 0 spiro atoms. The molecule has 3 aromatic carbocycles. The first-order valence-corrected chi connectivity index (χ1v) is 15.0. The molecule has 0 radical (unpaired) electrons. The summed E-state index contributed by atoms with van der Waals surface area (Å²) in [6.07, 6.45) is 1.74. The van der Waals surface area contributed by atoms with Crippen LogP contribution in [0, 0.1) is 0 Å². The van der Waals surface area contributed by atoms with E-state index in [0.717, 1.165) is 24.0 Å². The van der Waals surface area contributed by atoms with Gasteiger partial charge in [-0.1, -0.05) is 47.5 Å². The van der Waals surface area contributed by atoms with E-state index < -0.39 is 21.1 Å². The second-order valence-electron chi connectivity index (χ2n) is 10.00. The Balaban J connectivity index is 1.68. The van der Waals surface area contributed by atoms with Crippen LogP contribution in [-0.2, 0) is 21.1 Å². The van der Waals surface area contributed by atoms with Crippen molar-refractivity contribution in [1.82, 2.24) is 9.62 Å². The lowest BCUT2D eigenvalue weighted by Gasteiger charge is -2.40. The van der Waals surface area contributed by atoms with Gasteiger partial charge in [-0.05, 0) is 87.2 Å². The molecule has 2 aliphatic heterocycles. The summed E-state index contributed by atoms with van der Waals surface area (Å²) >= 11 is 12.4. The SMILES string of the molecule is CCOc1ccc(S(=O)(=O)N2CCCC2)cc1C1=NC(C)(c2ccc(Cl)cc2)C(C)(c2ccc(Cl)cc2)N1. The maximum Gasteiger partial charge on any atom is 0.243 e. The minimum atomic E-state index is -3.63. The van der Waals surface area contributed by atoms with Crippen LogP contribution in [-0.4, -0.2) is 38.3 Å². The highest BCUT2D eigenvalue weighted by Gasteiger charge is 2.52. The number of amidine groups is 1. The van der Waals surface area contributed by atoms with E-state index in [0.29, 0.717) is 46.9 Å². The lowest BCUT2D eigenvalue weighted by atomic mass is 9.72. The normalized spacial score (nSPS) is 23.8. The molecule has 0 aromatic heterocycles. The van der Waals surface area contributed by atoms with E-state index in [-0.39, 0.29) is 4.90 Å². The predicted octanol–water partition coefficient (Wildman–Crippen LogP) is 6.36. The summed E-state index contributed by atoms with van der Waals surface area (Å²) < 4.78 is 34.4. The molecule has 1 saturated heterocycles. The Morgan fingerprint density at radius 2 is 1.50 bits per heavy atom. The van der Waals surface area contributed by atoms with Gasteiger partial charge in [0.15, 0.2) is 0 Å². The maximum atomic E-state index is 13.4. The molecular formula is C29H31Cl2N3O3S. The molecule has 2 atom stereocenters. The monoisotopic (exact) mass is 571 g/mol. The Morgan fingerprint density at radius 3 is 2.08 bits per heavy atom. The smallest absolute Gasteiger partial charge is 0.243 e. The van der Waals surface area contributed by atoms with Gasteiger partial charge in [0.2, 0.25) is 10.0 Å². The number of nitrogens with one attached hydrogen (secondary N) is 1. The fourth-order valence-electron chi connectivity index (χ4n) is 5.33. The van der Waals surface area contributed by atoms with E-state index in [4.69, 9.17) is 32.9 Å². The molecule has 0 saturated carbocycles. The molecule has 200 valence electrons. The molecule has 2 unspecified atom stereocenters. The second kappa shape index (κ2) is 10.2. The Kier molecular flexibility index (Phi) is 7.24. The van der Waals surface area contributed by atoms with Crippen LogP contribution in [0.1, 0.15) is 50.3 Å². The molecule has 2 heterocycles. The summed E-state index contributed by atoms with van der Waals surface area (Å²) in [4.78, 5) is 5.48. The van der Waals surface area contributed by atoms with Gasteiger partial charge in [-0.3, -0.25) is 4.99 Å². The van der Waals surface area contributed by atoms with Crippen molar-refractivity contribution in [2.24, 2.45) is 4.99 Å². The van der Waals surface area contributed by atoms with Crippen molar-refractivity contribution in [3.05, 3.63) is 93.5 Å². The zero-order chi connectivity index (χ0) is 27.1. The van der Waals surface area contributed by atoms with E-state index in [1.54, 1.807) is 22.5 Å². The predicted molar refractivity (Wildman–Crippen MR) is 153 cm³/mol. The van der Waals surface area contributed by atoms with Crippen LogP contribution in [0.2, 0.25) is 10.0 Å². The molecule has 2 aliphatic rings. The number of hydrogen-bond acceptors (Lipinski definition) is 5. The number of benzene rings is 3. The molecule has 3 aromatic rings. The lowest BCUT2D eigenvalue weighted by molar-refractivity contribution is 0.268. The third-order valence-electron chi connectivity index (χ3n) is 7.71. The van der Waals surface area contributed by atoms with Crippen molar-refractivity contribution in [1.29, 1.82) is 0 Å². The van der Waals surface area contributed by atoms with Gasteiger partial charge in [0, 0.05) is 23.1 Å². The number of nitrogens with zero attached hydrogens (tertiary/aromatic N) is 2. The standard InChI is InChI=1S/C29H31Cl2N3O3S/c1-4-37-26-16-15-24(38(35,36)34-17-5-6-18-34)19-25(26)27-32-28(2,20-7-11-22(30)12-8-20)29(3,33-27)21-9-13-23(31)14-10-21/h7-16,19H,4-6,17-18H2,1-3H3,(H,32,33). The van der Waals surface area contributed by atoms with Gasteiger partial charge in [0.1, 0.15) is 17.1 Å². The molecule has 38 heavy (non-hydrogen) atoms. The zero-order valence-electron chi connectivity index (χ0n) is 21.7. The maximum absolute atomic E-state index is 13.4. The van der Waals surface area contributed by atoms with Crippen LogP contribution in [0.3, 0.4) is 0 Å². The number of hydrogen-bond donors (Lipinski definition) is 1. The summed E-state index contributed by atoms with van der Waals surface area (Å²) in [6, 6.07) is 20.4. The van der Waals surface area contributed by atoms with Gasteiger partial charge in [0.05, 0.1) is 22.6 Å². The number of ether oxygens (including phenoxy) is 1. The van der Waals surface area contributed by atoms with Gasteiger partial charge < -0.3 is 10.1 Å². The van der Waals surface area contributed by atoms with Crippen LogP contribution in [0.15, 0.2) is 76.6 Å². The second-order valence-corrected chi connectivity index (χ2v) is 12.8. The van der Waals surface area contributed by atoms with Crippen LogP contribution < -0.4 is 10.1 Å². The van der Waals surface area contributed by atoms with Crippen molar-refractivity contribution in [3.63, 3.8) is 0 Å². The average Bonchev–Trinajstić information content (AvgIpc) is 3.54. The third kappa shape index (κ3) is 4.60. The average molecular weight is 573 g/mol. The Hall–Kier alpha value is -2.58. The van der Waals surface area contributed by atoms with Crippen LogP contribution >= 0.6 is 23.2 Å². The van der Waals surface area contributed by atoms with Gasteiger partial charge in [-0.15, -0.1) is 0 Å². The van der Waals surface area contributed by atoms with E-state index in [9.17, 15) is 8.42 Å². The fourth-order valence-corrected chi connectivity index (χ4v) is 7.12. The Labute approximate surface area is 234 Å².